The summed E-state index contributed by atoms with van der Waals surface area (Å²) in [5.74, 6) is 0.913. The van der Waals surface area contributed by atoms with Crippen LogP contribution in [0.3, 0.4) is 0 Å². The number of rotatable bonds is 9. The van der Waals surface area contributed by atoms with E-state index >= 15 is 0 Å². The van der Waals surface area contributed by atoms with E-state index in [1.54, 1.807) is 7.11 Å². The first-order valence-electron chi connectivity index (χ1n) is 7.12. The minimum Gasteiger partial charge on any atom is -0.497 e. The van der Waals surface area contributed by atoms with Crippen molar-refractivity contribution < 1.29 is 9.57 Å². The molecule has 1 atom stereocenters. The number of benzene rings is 1. The molecule has 108 valence electrons. The van der Waals surface area contributed by atoms with Gasteiger partial charge < -0.3 is 4.74 Å². The Bertz CT molecular complexity index is 335. The van der Waals surface area contributed by atoms with E-state index in [1.165, 1.54) is 18.4 Å². The molecule has 0 amide bonds. The summed E-state index contributed by atoms with van der Waals surface area (Å²) < 4.78 is 5.17. The van der Waals surface area contributed by atoms with E-state index < -0.39 is 0 Å². The summed E-state index contributed by atoms with van der Waals surface area (Å²) in [6, 6.07) is 8.29. The highest BCUT2D eigenvalue weighted by Gasteiger charge is 2.10. The molecule has 0 heterocycles. The molecule has 1 aromatic rings. The van der Waals surface area contributed by atoms with Gasteiger partial charge in [0.05, 0.1) is 13.2 Å². The lowest BCUT2D eigenvalue weighted by molar-refractivity contribution is -0.168. The molecule has 1 aromatic carbocycles. The Morgan fingerprint density at radius 2 is 1.79 bits per heavy atom. The molecule has 19 heavy (non-hydrogen) atoms. The molecule has 0 saturated heterocycles. The number of hydroxylamine groups is 2. The van der Waals surface area contributed by atoms with Gasteiger partial charge in [-0.2, -0.15) is 5.06 Å². The van der Waals surface area contributed by atoms with E-state index in [2.05, 4.69) is 19.1 Å². The number of hydrogen-bond acceptors (Lipinski definition) is 3. The third-order valence-corrected chi connectivity index (χ3v) is 3.15. The summed E-state index contributed by atoms with van der Waals surface area (Å²) in [6.45, 7) is 2.22. The summed E-state index contributed by atoms with van der Waals surface area (Å²) in [4.78, 5) is 5.83. The third-order valence-electron chi connectivity index (χ3n) is 3.15. The molecule has 0 spiro atoms. The average Bonchev–Trinajstić information content (AvgIpc) is 2.42. The highest BCUT2D eigenvalue weighted by atomic mass is 16.7. The van der Waals surface area contributed by atoms with E-state index in [0.29, 0.717) is 6.10 Å². The van der Waals surface area contributed by atoms with Crippen LogP contribution in [0.4, 0.5) is 0 Å². The second kappa shape index (κ2) is 8.94. The van der Waals surface area contributed by atoms with Crippen LogP contribution in [0.25, 0.3) is 0 Å². The van der Waals surface area contributed by atoms with Crippen molar-refractivity contribution in [2.45, 2.75) is 45.1 Å². The van der Waals surface area contributed by atoms with Crippen LogP contribution in [-0.4, -0.2) is 32.4 Å². The quantitative estimate of drug-likeness (QED) is 0.636. The first kappa shape index (κ1) is 16.0. The topological polar surface area (TPSA) is 21.7 Å². The van der Waals surface area contributed by atoms with Crippen molar-refractivity contribution in [3.63, 3.8) is 0 Å². The van der Waals surface area contributed by atoms with Crippen molar-refractivity contribution in [3.8, 4) is 5.75 Å². The van der Waals surface area contributed by atoms with Crippen molar-refractivity contribution in [2.24, 2.45) is 0 Å². The molecule has 0 aromatic heterocycles. The Labute approximate surface area is 117 Å². The largest absolute Gasteiger partial charge is 0.497 e. The molecule has 0 aliphatic rings. The van der Waals surface area contributed by atoms with Crippen LogP contribution in [0.5, 0.6) is 5.75 Å². The molecule has 0 fully saturated rings. The number of nitrogens with zero attached hydrogens (tertiary/aromatic N) is 1. The van der Waals surface area contributed by atoms with Gasteiger partial charge in [-0.1, -0.05) is 31.9 Å². The van der Waals surface area contributed by atoms with Crippen molar-refractivity contribution in [1.82, 2.24) is 5.06 Å². The fraction of sp³-hybridized carbons (Fsp3) is 0.625. The summed E-state index contributed by atoms with van der Waals surface area (Å²) in [6.07, 6.45) is 6.00. The Morgan fingerprint density at radius 1 is 1.11 bits per heavy atom. The molecule has 3 nitrogen and oxygen atoms in total. The van der Waals surface area contributed by atoms with E-state index in [-0.39, 0.29) is 0 Å². The lowest BCUT2D eigenvalue weighted by Gasteiger charge is -2.21. The molecular weight excluding hydrogens is 238 g/mol. The normalized spacial score (nSPS) is 12.7. The molecule has 1 unspecified atom stereocenters. The Balaban J connectivity index is 2.44. The predicted molar refractivity (Wildman–Crippen MR) is 79.4 cm³/mol. The molecule has 0 bridgehead atoms. The Morgan fingerprint density at radius 3 is 2.32 bits per heavy atom. The number of hydrogen-bond donors (Lipinski definition) is 0. The molecule has 1 rings (SSSR count). The Hall–Kier alpha value is -1.06. The smallest absolute Gasteiger partial charge is 0.118 e. The van der Waals surface area contributed by atoms with Gasteiger partial charge in [-0.25, -0.2) is 0 Å². The van der Waals surface area contributed by atoms with Crippen LogP contribution in [0, 0.1) is 0 Å². The summed E-state index contributed by atoms with van der Waals surface area (Å²) in [5.41, 5.74) is 1.34. The maximum Gasteiger partial charge on any atom is 0.118 e. The molecule has 0 aliphatic carbocycles. The van der Waals surface area contributed by atoms with Crippen molar-refractivity contribution in [1.29, 1.82) is 0 Å². The highest BCUT2D eigenvalue weighted by molar-refractivity contribution is 5.27. The average molecular weight is 265 g/mol. The number of aryl methyl sites for hydroxylation is 1. The predicted octanol–water partition coefficient (Wildman–Crippen LogP) is 3.68. The third kappa shape index (κ3) is 6.60. The van der Waals surface area contributed by atoms with Crippen LogP contribution in [0.1, 0.15) is 38.2 Å². The van der Waals surface area contributed by atoms with Gasteiger partial charge in [0, 0.05) is 14.1 Å². The maximum absolute atomic E-state index is 5.83. The lowest BCUT2D eigenvalue weighted by Crippen LogP contribution is -2.23. The van der Waals surface area contributed by atoms with Crippen molar-refractivity contribution in [2.75, 3.05) is 21.2 Å². The van der Waals surface area contributed by atoms with Crippen LogP contribution in [-0.2, 0) is 11.3 Å². The molecule has 0 radical (unpaired) electrons. The van der Waals surface area contributed by atoms with Gasteiger partial charge in [0.25, 0.3) is 0 Å². The highest BCUT2D eigenvalue weighted by Crippen LogP contribution is 2.16. The zero-order valence-corrected chi connectivity index (χ0v) is 12.7. The summed E-state index contributed by atoms with van der Waals surface area (Å²) in [7, 11) is 5.60. The fourth-order valence-corrected chi connectivity index (χ4v) is 2.10. The SMILES string of the molecule is CCCCC(CCc1ccc(OC)cc1)ON(C)C. The van der Waals surface area contributed by atoms with E-state index in [1.807, 2.05) is 31.3 Å². The summed E-state index contributed by atoms with van der Waals surface area (Å²) in [5, 5.41) is 1.81. The number of ether oxygens (including phenoxy) is 1. The van der Waals surface area contributed by atoms with Crippen LogP contribution < -0.4 is 4.74 Å². The number of methoxy groups -OCH3 is 1. The minimum absolute atomic E-state index is 0.317. The van der Waals surface area contributed by atoms with Gasteiger partial charge in [0.1, 0.15) is 5.75 Å². The lowest BCUT2D eigenvalue weighted by atomic mass is 10.0. The Kier molecular flexibility index (Phi) is 7.53. The molecular formula is C16H27NO2. The second-order valence-corrected chi connectivity index (χ2v) is 5.07. The van der Waals surface area contributed by atoms with Gasteiger partial charge in [0.2, 0.25) is 0 Å². The molecule has 0 aliphatic heterocycles. The summed E-state index contributed by atoms with van der Waals surface area (Å²) >= 11 is 0. The number of unbranched alkanes of at least 4 members (excludes halogenated alkanes) is 1. The zero-order chi connectivity index (χ0) is 14.1. The van der Waals surface area contributed by atoms with E-state index in [4.69, 9.17) is 9.57 Å². The van der Waals surface area contributed by atoms with Crippen molar-refractivity contribution in [3.05, 3.63) is 29.8 Å². The maximum atomic E-state index is 5.83. The van der Waals surface area contributed by atoms with Crippen LogP contribution in [0.2, 0.25) is 0 Å². The molecule has 0 N–H and O–H groups in total. The standard InChI is InChI=1S/C16H27NO2/c1-5-6-7-16(19-17(2)3)13-10-14-8-11-15(18-4)12-9-14/h8-9,11-12,16H,5-7,10,13H2,1-4H3. The zero-order valence-electron chi connectivity index (χ0n) is 12.7. The molecule has 3 heteroatoms. The van der Waals surface area contributed by atoms with Gasteiger partial charge in [0.15, 0.2) is 0 Å². The monoisotopic (exact) mass is 265 g/mol. The van der Waals surface area contributed by atoms with Crippen molar-refractivity contribution >= 4 is 0 Å². The van der Waals surface area contributed by atoms with Gasteiger partial charge >= 0.3 is 0 Å². The van der Waals surface area contributed by atoms with Crippen LogP contribution >= 0.6 is 0 Å². The van der Waals surface area contributed by atoms with Gasteiger partial charge in [-0.15, -0.1) is 0 Å². The van der Waals surface area contributed by atoms with Crippen LogP contribution in [0.15, 0.2) is 24.3 Å². The molecule has 0 saturated carbocycles. The second-order valence-electron chi connectivity index (χ2n) is 5.07. The minimum atomic E-state index is 0.317. The first-order chi connectivity index (χ1) is 9.15. The van der Waals surface area contributed by atoms with E-state index in [0.717, 1.165) is 25.0 Å². The fourth-order valence-electron chi connectivity index (χ4n) is 2.10. The van der Waals surface area contributed by atoms with Gasteiger partial charge in [-0.3, -0.25) is 4.84 Å². The first-order valence-corrected chi connectivity index (χ1v) is 7.12. The van der Waals surface area contributed by atoms with Gasteiger partial charge in [-0.05, 0) is 37.0 Å². The van der Waals surface area contributed by atoms with E-state index in [9.17, 15) is 0 Å².